The number of hydrogen-bond acceptors (Lipinski definition) is 8. The number of unbranched alkanes of at least 4 members (excludes halogenated alkanes) is 1. The largest absolute Gasteiger partial charge is 0.427 e. The molecule has 162 valence electrons. The minimum Gasteiger partial charge on any atom is -0.427 e. The molecule has 30 heavy (non-hydrogen) atoms. The first-order chi connectivity index (χ1) is 13.9. The highest BCUT2D eigenvalue weighted by molar-refractivity contribution is 7.86. The summed E-state index contributed by atoms with van der Waals surface area (Å²) in [5.41, 5.74) is 0. The Kier molecular flexibility index (Phi) is 7.67. The molecular formula is C18H18O10S2. The fraction of sp³-hybridized carbons (Fsp3) is 0.222. The Morgan fingerprint density at radius 3 is 1.20 bits per heavy atom. The summed E-state index contributed by atoms with van der Waals surface area (Å²) in [4.78, 5) is 22.9. The summed E-state index contributed by atoms with van der Waals surface area (Å²) < 4.78 is 71.6. The molecule has 0 saturated carbocycles. The van der Waals surface area contributed by atoms with Gasteiger partial charge in [0.2, 0.25) is 0 Å². The second-order valence-corrected chi connectivity index (χ2v) is 8.89. The molecule has 2 N–H and O–H groups in total. The van der Waals surface area contributed by atoms with E-state index >= 15 is 0 Å². The highest BCUT2D eigenvalue weighted by atomic mass is 32.2. The van der Waals surface area contributed by atoms with Gasteiger partial charge in [-0.1, -0.05) is 0 Å². The molecule has 0 heterocycles. The van der Waals surface area contributed by atoms with Crippen LogP contribution >= 0.6 is 0 Å². The van der Waals surface area contributed by atoms with Crippen LogP contribution in [0.15, 0.2) is 58.3 Å². The molecule has 0 radical (unpaired) electrons. The van der Waals surface area contributed by atoms with Crippen molar-refractivity contribution in [3.63, 3.8) is 0 Å². The number of carbonyl (C=O) groups is 2. The highest BCUT2D eigenvalue weighted by Crippen LogP contribution is 2.18. The summed E-state index contributed by atoms with van der Waals surface area (Å²) in [5, 5.41) is 0. The van der Waals surface area contributed by atoms with Crippen LogP contribution in [0.2, 0.25) is 0 Å². The van der Waals surface area contributed by atoms with Gasteiger partial charge in [0.1, 0.15) is 11.5 Å². The van der Waals surface area contributed by atoms with Gasteiger partial charge in [-0.2, -0.15) is 16.8 Å². The summed E-state index contributed by atoms with van der Waals surface area (Å²) >= 11 is 0. The minimum atomic E-state index is -4.33. The number of carbonyl (C=O) groups excluding carboxylic acids is 2. The van der Waals surface area contributed by atoms with E-state index in [1.165, 1.54) is 24.3 Å². The van der Waals surface area contributed by atoms with Gasteiger partial charge in [0, 0.05) is 12.8 Å². The van der Waals surface area contributed by atoms with Crippen molar-refractivity contribution < 1.29 is 45.0 Å². The van der Waals surface area contributed by atoms with Crippen LogP contribution in [0.5, 0.6) is 11.5 Å². The molecule has 10 nitrogen and oxygen atoms in total. The smallest absolute Gasteiger partial charge is 0.311 e. The predicted molar refractivity (Wildman–Crippen MR) is 102 cm³/mol. The van der Waals surface area contributed by atoms with Crippen molar-refractivity contribution in [1.29, 1.82) is 0 Å². The Morgan fingerprint density at radius 1 is 0.633 bits per heavy atom. The van der Waals surface area contributed by atoms with E-state index in [4.69, 9.17) is 18.6 Å². The quantitative estimate of drug-likeness (QED) is 0.247. The van der Waals surface area contributed by atoms with Crippen LogP contribution in [0.4, 0.5) is 0 Å². The predicted octanol–water partition coefficient (Wildman–Crippen LogP) is 2.25. The van der Waals surface area contributed by atoms with Gasteiger partial charge in [-0.25, -0.2) is 0 Å². The number of benzene rings is 2. The van der Waals surface area contributed by atoms with E-state index in [0.29, 0.717) is 12.8 Å². The molecule has 0 unspecified atom stereocenters. The lowest BCUT2D eigenvalue weighted by Crippen LogP contribution is -2.10. The average molecular weight is 458 g/mol. The summed E-state index contributed by atoms with van der Waals surface area (Å²) in [7, 11) is -8.65. The van der Waals surface area contributed by atoms with Crippen molar-refractivity contribution in [3.8, 4) is 11.5 Å². The van der Waals surface area contributed by atoms with Crippen LogP contribution in [0.3, 0.4) is 0 Å². The first-order valence-corrected chi connectivity index (χ1v) is 11.4. The molecule has 0 amide bonds. The fourth-order valence-corrected chi connectivity index (χ4v) is 3.22. The van der Waals surface area contributed by atoms with Crippen LogP contribution in [0, 0.1) is 0 Å². The summed E-state index contributed by atoms with van der Waals surface area (Å²) in [6.45, 7) is 0. The first kappa shape index (κ1) is 23.5. The lowest BCUT2D eigenvalue weighted by atomic mass is 10.2. The second-order valence-electron chi connectivity index (χ2n) is 6.05. The molecule has 0 aromatic heterocycles. The zero-order valence-electron chi connectivity index (χ0n) is 15.4. The average Bonchev–Trinajstić information content (AvgIpc) is 2.65. The molecule has 0 aliphatic heterocycles. The van der Waals surface area contributed by atoms with Gasteiger partial charge in [-0.15, -0.1) is 0 Å². The fourth-order valence-electron chi connectivity index (χ4n) is 2.26. The zero-order chi connectivity index (χ0) is 22.4. The highest BCUT2D eigenvalue weighted by Gasteiger charge is 2.12. The maximum Gasteiger partial charge on any atom is 0.311 e. The summed E-state index contributed by atoms with van der Waals surface area (Å²) in [6, 6.07) is 9.29. The van der Waals surface area contributed by atoms with Crippen LogP contribution in [-0.4, -0.2) is 37.9 Å². The van der Waals surface area contributed by atoms with Gasteiger partial charge in [-0.3, -0.25) is 18.7 Å². The zero-order valence-corrected chi connectivity index (χ0v) is 17.1. The number of hydrogen-bond donors (Lipinski definition) is 2. The van der Waals surface area contributed by atoms with Crippen molar-refractivity contribution in [2.45, 2.75) is 35.5 Å². The maximum atomic E-state index is 11.8. The van der Waals surface area contributed by atoms with E-state index in [1.54, 1.807) is 0 Å². The molecular weight excluding hydrogens is 440 g/mol. The second kappa shape index (κ2) is 9.80. The maximum absolute atomic E-state index is 11.8. The number of ether oxygens (including phenoxy) is 2. The molecule has 0 fully saturated rings. The van der Waals surface area contributed by atoms with Crippen molar-refractivity contribution in [1.82, 2.24) is 0 Å². The van der Waals surface area contributed by atoms with Crippen molar-refractivity contribution in [3.05, 3.63) is 48.5 Å². The van der Waals surface area contributed by atoms with E-state index < -0.39 is 32.2 Å². The molecule has 0 bridgehead atoms. The lowest BCUT2D eigenvalue weighted by Gasteiger charge is -2.06. The van der Waals surface area contributed by atoms with Gasteiger partial charge in [-0.05, 0) is 61.4 Å². The number of esters is 2. The molecule has 2 aromatic carbocycles. The lowest BCUT2D eigenvalue weighted by molar-refractivity contribution is -0.136. The van der Waals surface area contributed by atoms with Crippen molar-refractivity contribution in [2.24, 2.45) is 0 Å². The summed E-state index contributed by atoms with van der Waals surface area (Å²) in [6.07, 6.45) is 0.685. The molecule has 0 spiro atoms. The molecule has 2 aromatic rings. The molecule has 0 aliphatic carbocycles. The van der Waals surface area contributed by atoms with Crippen LogP contribution in [0.25, 0.3) is 0 Å². The summed E-state index contributed by atoms with van der Waals surface area (Å²) in [5.74, 6) is -0.937. The third-order valence-electron chi connectivity index (χ3n) is 3.72. The van der Waals surface area contributed by atoms with E-state index in [-0.39, 0.29) is 34.1 Å². The van der Waals surface area contributed by atoms with Crippen LogP contribution in [0.1, 0.15) is 25.7 Å². The Hall–Kier alpha value is -2.80. The monoisotopic (exact) mass is 458 g/mol. The first-order valence-electron chi connectivity index (χ1n) is 8.51. The van der Waals surface area contributed by atoms with Gasteiger partial charge in [0.15, 0.2) is 0 Å². The topological polar surface area (TPSA) is 161 Å². The molecule has 0 atom stereocenters. The third kappa shape index (κ3) is 7.55. The van der Waals surface area contributed by atoms with E-state index in [0.717, 1.165) is 24.3 Å². The molecule has 12 heteroatoms. The van der Waals surface area contributed by atoms with E-state index in [9.17, 15) is 26.4 Å². The van der Waals surface area contributed by atoms with Crippen LogP contribution in [-0.2, 0) is 29.8 Å². The van der Waals surface area contributed by atoms with Crippen molar-refractivity contribution in [2.75, 3.05) is 0 Å². The minimum absolute atomic E-state index is 0.0103. The van der Waals surface area contributed by atoms with Crippen molar-refractivity contribution >= 4 is 32.2 Å². The SMILES string of the molecule is O=C(CCCCC(=O)Oc1ccc(S(=O)(=O)O)cc1)Oc1ccc(S(=O)(=O)O)cc1. The van der Waals surface area contributed by atoms with Gasteiger partial charge in [0.05, 0.1) is 9.79 Å². The molecule has 2 rings (SSSR count). The van der Waals surface area contributed by atoms with Gasteiger partial charge >= 0.3 is 11.9 Å². The Balaban J connectivity index is 1.71. The standard InChI is InChI=1S/C18H18O10S2/c19-17(27-13-5-9-15(10-6-13)29(21,22)23)3-1-2-4-18(20)28-14-7-11-16(12-8-14)30(24,25)26/h5-12H,1-4H2,(H,21,22,23)(H,24,25,26). The Labute approximate surface area is 172 Å². The van der Waals surface area contributed by atoms with Gasteiger partial charge in [0.25, 0.3) is 20.2 Å². The number of rotatable bonds is 9. The normalized spacial score (nSPS) is 11.7. The Morgan fingerprint density at radius 2 is 0.933 bits per heavy atom. The van der Waals surface area contributed by atoms with Gasteiger partial charge < -0.3 is 9.47 Å². The molecule has 0 saturated heterocycles. The third-order valence-corrected chi connectivity index (χ3v) is 5.45. The van der Waals surface area contributed by atoms with E-state index in [2.05, 4.69) is 0 Å². The molecule has 0 aliphatic rings. The van der Waals surface area contributed by atoms with Crippen LogP contribution < -0.4 is 9.47 Å². The Bertz CT molecular complexity index is 1010. The van der Waals surface area contributed by atoms with E-state index in [1.807, 2.05) is 0 Å².